The zero-order chi connectivity index (χ0) is 18.8. The zero-order valence-corrected chi connectivity index (χ0v) is 16.0. The molecule has 2 fully saturated rings. The first-order valence-corrected chi connectivity index (χ1v) is 9.57. The number of nitrogen functional groups attached to an aromatic ring is 1. The van der Waals surface area contributed by atoms with Gasteiger partial charge in [0.25, 0.3) is 0 Å². The summed E-state index contributed by atoms with van der Waals surface area (Å²) >= 11 is 0. The van der Waals surface area contributed by atoms with Gasteiger partial charge < -0.3 is 15.5 Å². The third-order valence-electron chi connectivity index (χ3n) is 5.73. The van der Waals surface area contributed by atoms with E-state index in [0.29, 0.717) is 31.3 Å². The highest BCUT2D eigenvalue weighted by atomic mass is 16.2. The summed E-state index contributed by atoms with van der Waals surface area (Å²) in [5.41, 5.74) is 8.09. The van der Waals surface area contributed by atoms with Crippen molar-refractivity contribution in [2.75, 3.05) is 25.4 Å². The molecule has 2 N–H and O–H groups in total. The third-order valence-corrected chi connectivity index (χ3v) is 5.73. The Morgan fingerprint density at radius 2 is 1.92 bits per heavy atom. The lowest BCUT2D eigenvalue weighted by Gasteiger charge is -2.47. The first-order chi connectivity index (χ1) is 12.4. The van der Waals surface area contributed by atoms with Crippen molar-refractivity contribution in [1.82, 2.24) is 19.8 Å². The van der Waals surface area contributed by atoms with Crippen molar-refractivity contribution >= 4 is 17.8 Å². The molecule has 2 atom stereocenters. The normalized spacial score (nSPS) is 23.1. The number of likely N-dealkylation sites (tertiary alicyclic amines) is 2. The van der Waals surface area contributed by atoms with Gasteiger partial charge in [-0.15, -0.1) is 0 Å². The Balaban J connectivity index is 1.67. The van der Waals surface area contributed by atoms with Crippen molar-refractivity contribution in [3.8, 4) is 0 Å². The average Bonchev–Trinajstić information content (AvgIpc) is 2.60. The van der Waals surface area contributed by atoms with E-state index in [1.54, 1.807) is 0 Å². The number of amides is 2. The largest absolute Gasteiger partial charge is 0.368 e. The van der Waals surface area contributed by atoms with E-state index >= 15 is 0 Å². The summed E-state index contributed by atoms with van der Waals surface area (Å²) in [7, 11) is 0. The number of rotatable bonds is 4. The van der Waals surface area contributed by atoms with Crippen LogP contribution in [0, 0.1) is 19.8 Å². The minimum absolute atomic E-state index is 0.113. The Morgan fingerprint density at radius 3 is 2.58 bits per heavy atom. The smallest absolute Gasteiger partial charge is 0.227 e. The molecule has 0 aliphatic carbocycles. The predicted molar refractivity (Wildman–Crippen MR) is 99.3 cm³/mol. The fraction of sp³-hybridized carbons (Fsp3) is 0.684. The van der Waals surface area contributed by atoms with Crippen molar-refractivity contribution in [3.63, 3.8) is 0 Å². The predicted octanol–water partition coefficient (Wildman–Crippen LogP) is 1.47. The number of anilines is 1. The highest BCUT2D eigenvalue weighted by Gasteiger charge is 2.39. The lowest BCUT2D eigenvalue weighted by atomic mass is 9.83. The standard InChI is InChI=1S/C19H29N5O2/c1-4-8-24-16-7-9-23(11-14(16)5-6-17(24)25)18(26)10-15-12(2)21-19(20)22-13(15)3/h14,16H,4-11H2,1-3H3,(H2,20,21,22)/t14-,16+/m0/s1. The second-order valence-electron chi connectivity index (χ2n) is 7.49. The summed E-state index contributed by atoms with van der Waals surface area (Å²) in [6, 6.07) is 0.295. The van der Waals surface area contributed by atoms with Gasteiger partial charge >= 0.3 is 0 Å². The van der Waals surface area contributed by atoms with Crippen LogP contribution in [0.15, 0.2) is 0 Å². The Hall–Kier alpha value is -2.18. The second kappa shape index (κ2) is 7.60. The molecular formula is C19H29N5O2. The molecule has 2 aliphatic rings. The van der Waals surface area contributed by atoms with E-state index in [-0.39, 0.29) is 17.8 Å². The molecule has 142 valence electrons. The van der Waals surface area contributed by atoms with Gasteiger partial charge in [-0.25, -0.2) is 9.97 Å². The Labute approximate surface area is 155 Å². The SMILES string of the molecule is CCCN1C(=O)CC[C@H]2CN(C(=O)Cc3c(C)nc(N)nc3C)CC[C@H]21. The van der Waals surface area contributed by atoms with Gasteiger partial charge in [0, 0.05) is 49.0 Å². The lowest BCUT2D eigenvalue weighted by Crippen LogP contribution is -2.57. The summed E-state index contributed by atoms with van der Waals surface area (Å²) in [4.78, 5) is 37.5. The number of nitrogens with zero attached hydrogens (tertiary/aromatic N) is 4. The molecule has 0 aromatic carbocycles. The van der Waals surface area contributed by atoms with E-state index in [4.69, 9.17) is 5.73 Å². The van der Waals surface area contributed by atoms with Gasteiger partial charge in [0.2, 0.25) is 17.8 Å². The van der Waals surface area contributed by atoms with Gasteiger partial charge in [-0.05, 0) is 39.0 Å². The summed E-state index contributed by atoms with van der Waals surface area (Å²) in [5, 5.41) is 0. The molecule has 0 saturated carbocycles. The van der Waals surface area contributed by atoms with Crippen LogP contribution in [0.1, 0.15) is 49.6 Å². The molecule has 3 rings (SSSR count). The molecule has 0 spiro atoms. The van der Waals surface area contributed by atoms with Crippen molar-refractivity contribution in [2.45, 2.75) is 58.9 Å². The van der Waals surface area contributed by atoms with E-state index in [1.807, 2.05) is 18.7 Å². The number of nitrogens with two attached hydrogens (primary N) is 1. The molecule has 1 aromatic heterocycles. The second-order valence-corrected chi connectivity index (χ2v) is 7.49. The maximum absolute atomic E-state index is 12.9. The van der Waals surface area contributed by atoms with Crippen molar-refractivity contribution in [2.24, 2.45) is 5.92 Å². The summed E-state index contributed by atoms with van der Waals surface area (Å²) in [6.45, 7) is 8.13. The molecule has 0 bridgehead atoms. The number of carbonyl (C=O) groups excluding carboxylic acids is 2. The van der Waals surface area contributed by atoms with Crippen LogP contribution in [0.25, 0.3) is 0 Å². The van der Waals surface area contributed by atoms with Gasteiger partial charge in [0.15, 0.2) is 0 Å². The number of hydrogen-bond acceptors (Lipinski definition) is 5. The number of fused-ring (bicyclic) bond motifs is 1. The van der Waals surface area contributed by atoms with E-state index in [1.165, 1.54) is 0 Å². The Bertz CT molecular complexity index is 682. The van der Waals surface area contributed by atoms with Gasteiger partial charge in [-0.2, -0.15) is 0 Å². The minimum Gasteiger partial charge on any atom is -0.368 e. The highest BCUT2D eigenvalue weighted by molar-refractivity contribution is 5.80. The van der Waals surface area contributed by atoms with Crippen LogP contribution in [0.3, 0.4) is 0 Å². The van der Waals surface area contributed by atoms with Crippen molar-refractivity contribution < 1.29 is 9.59 Å². The van der Waals surface area contributed by atoms with Crippen molar-refractivity contribution in [1.29, 1.82) is 0 Å². The fourth-order valence-electron chi connectivity index (χ4n) is 4.39. The molecule has 3 heterocycles. The summed E-state index contributed by atoms with van der Waals surface area (Å²) < 4.78 is 0. The number of hydrogen-bond donors (Lipinski definition) is 1. The molecule has 0 unspecified atom stereocenters. The molecule has 0 radical (unpaired) electrons. The van der Waals surface area contributed by atoms with Gasteiger partial charge in [-0.3, -0.25) is 9.59 Å². The van der Waals surface area contributed by atoms with Crippen LogP contribution in [-0.2, 0) is 16.0 Å². The zero-order valence-electron chi connectivity index (χ0n) is 16.0. The summed E-state index contributed by atoms with van der Waals surface area (Å²) in [6.07, 6.45) is 3.66. The molecule has 7 heteroatoms. The fourth-order valence-corrected chi connectivity index (χ4v) is 4.39. The van der Waals surface area contributed by atoms with E-state index in [9.17, 15) is 9.59 Å². The van der Waals surface area contributed by atoms with E-state index < -0.39 is 0 Å². The first-order valence-electron chi connectivity index (χ1n) is 9.57. The first kappa shape index (κ1) is 18.6. The Kier molecular flexibility index (Phi) is 5.44. The third kappa shape index (κ3) is 3.66. The van der Waals surface area contributed by atoms with Crippen LogP contribution < -0.4 is 5.73 Å². The van der Waals surface area contributed by atoms with E-state index in [2.05, 4.69) is 21.8 Å². The van der Waals surface area contributed by atoms with Crippen LogP contribution >= 0.6 is 0 Å². The quantitative estimate of drug-likeness (QED) is 0.879. The lowest BCUT2D eigenvalue weighted by molar-refractivity contribution is -0.144. The highest BCUT2D eigenvalue weighted by Crippen LogP contribution is 2.31. The van der Waals surface area contributed by atoms with Gasteiger partial charge in [0.1, 0.15) is 0 Å². The number of aryl methyl sites for hydroxylation is 2. The number of piperidine rings is 2. The molecular weight excluding hydrogens is 330 g/mol. The molecule has 26 heavy (non-hydrogen) atoms. The minimum atomic E-state index is 0.113. The molecule has 1 aromatic rings. The molecule has 2 amide bonds. The maximum Gasteiger partial charge on any atom is 0.227 e. The maximum atomic E-state index is 12.9. The molecule has 2 aliphatic heterocycles. The topological polar surface area (TPSA) is 92.4 Å². The Morgan fingerprint density at radius 1 is 1.23 bits per heavy atom. The van der Waals surface area contributed by atoms with Crippen LogP contribution in [0.4, 0.5) is 5.95 Å². The number of aromatic nitrogens is 2. The van der Waals surface area contributed by atoms with Crippen LogP contribution in [-0.4, -0.2) is 57.3 Å². The average molecular weight is 359 g/mol. The molecule has 7 nitrogen and oxygen atoms in total. The van der Waals surface area contributed by atoms with Crippen LogP contribution in [0.5, 0.6) is 0 Å². The monoisotopic (exact) mass is 359 g/mol. The van der Waals surface area contributed by atoms with Gasteiger partial charge in [-0.1, -0.05) is 6.92 Å². The van der Waals surface area contributed by atoms with Crippen LogP contribution in [0.2, 0.25) is 0 Å². The van der Waals surface area contributed by atoms with E-state index in [0.717, 1.165) is 49.3 Å². The molecule has 2 saturated heterocycles. The summed E-state index contributed by atoms with van der Waals surface area (Å²) in [5.74, 6) is 1.03. The van der Waals surface area contributed by atoms with Gasteiger partial charge in [0.05, 0.1) is 6.42 Å². The number of carbonyl (C=O) groups is 2. The van der Waals surface area contributed by atoms with Crippen molar-refractivity contribution in [3.05, 3.63) is 17.0 Å².